The number of nitrogens with zero attached hydrogens (tertiary/aromatic N) is 1. The van der Waals surface area contributed by atoms with Gasteiger partial charge in [-0.15, -0.1) is 6.58 Å². The minimum atomic E-state index is -0.0949. The molecule has 1 N–H and O–H groups in total. The van der Waals surface area contributed by atoms with Crippen LogP contribution in [0.2, 0.25) is 10.0 Å². The fourth-order valence-electron chi connectivity index (χ4n) is 3.04. The Morgan fingerprint density at radius 3 is 2.77 bits per heavy atom. The maximum atomic E-state index is 12.5. The Hall–Kier alpha value is -1.03. The van der Waals surface area contributed by atoms with Crippen LogP contribution < -0.4 is 5.32 Å². The molecule has 1 aromatic carbocycles. The quantitative estimate of drug-likeness (QED) is 0.816. The predicted molar refractivity (Wildman–Crippen MR) is 92.8 cm³/mol. The number of rotatable bonds is 5. The molecule has 0 bridgehead atoms. The van der Waals surface area contributed by atoms with Gasteiger partial charge in [0.05, 0.1) is 10.0 Å². The van der Waals surface area contributed by atoms with E-state index in [1.807, 2.05) is 6.08 Å². The summed E-state index contributed by atoms with van der Waals surface area (Å²) in [5, 5.41) is 4.01. The second-order valence-corrected chi connectivity index (χ2v) is 6.60. The van der Waals surface area contributed by atoms with Crippen molar-refractivity contribution in [2.24, 2.45) is 0 Å². The molecule has 0 spiro atoms. The van der Waals surface area contributed by atoms with Crippen LogP contribution in [0.25, 0.3) is 0 Å². The van der Waals surface area contributed by atoms with Crippen LogP contribution in [0.5, 0.6) is 0 Å². The van der Waals surface area contributed by atoms with E-state index >= 15 is 0 Å². The number of amides is 1. The maximum absolute atomic E-state index is 12.5. The zero-order chi connectivity index (χ0) is 16.1. The summed E-state index contributed by atoms with van der Waals surface area (Å²) < 4.78 is 0. The number of carbonyl (C=O) groups is 1. The molecule has 22 heavy (non-hydrogen) atoms. The first kappa shape index (κ1) is 17.3. The van der Waals surface area contributed by atoms with Crippen molar-refractivity contribution in [3.63, 3.8) is 0 Å². The lowest BCUT2D eigenvalue weighted by atomic mass is 9.89. The second kappa shape index (κ2) is 8.00. The van der Waals surface area contributed by atoms with Gasteiger partial charge in [0.25, 0.3) is 5.91 Å². The summed E-state index contributed by atoms with van der Waals surface area (Å²) in [7, 11) is 2.08. The van der Waals surface area contributed by atoms with Gasteiger partial charge in [-0.25, -0.2) is 0 Å². The molecule has 0 aliphatic heterocycles. The molecule has 0 heterocycles. The van der Waals surface area contributed by atoms with Crippen LogP contribution in [0.1, 0.15) is 36.0 Å². The van der Waals surface area contributed by atoms with Crippen molar-refractivity contribution in [1.82, 2.24) is 10.2 Å². The minimum absolute atomic E-state index is 0.0949. The topological polar surface area (TPSA) is 32.3 Å². The molecule has 5 heteroatoms. The highest BCUT2D eigenvalue weighted by atomic mass is 35.5. The molecule has 1 aliphatic rings. The van der Waals surface area contributed by atoms with Crippen LogP contribution in [0, 0.1) is 0 Å². The van der Waals surface area contributed by atoms with E-state index in [1.54, 1.807) is 18.2 Å². The molecule has 3 nitrogen and oxygen atoms in total. The second-order valence-electron chi connectivity index (χ2n) is 5.79. The van der Waals surface area contributed by atoms with Gasteiger partial charge in [-0.05, 0) is 38.1 Å². The summed E-state index contributed by atoms with van der Waals surface area (Å²) in [6, 6.07) is 5.47. The number of halogens is 2. The molecular formula is C17H22Cl2N2O. The van der Waals surface area contributed by atoms with Gasteiger partial charge in [0.15, 0.2) is 0 Å². The van der Waals surface area contributed by atoms with Gasteiger partial charge in [-0.2, -0.15) is 0 Å². The largest absolute Gasteiger partial charge is 0.348 e. The smallest absolute Gasteiger partial charge is 0.251 e. The first-order valence-electron chi connectivity index (χ1n) is 7.60. The van der Waals surface area contributed by atoms with Crippen LogP contribution in [0.4, 0.5) is 0 Å². The Balaban J connectivity index is 2.07. The lowest BCUT2D eigenvalue weighted by Gasteiger charge is -2.38. The number of carbonyl (C=O) groups excluding carboxylic acids is 1. The highest BCUT2D eigenvalue weighted by Crippen LogP contribution is 2.25. The molecule has 1 aliphatic carbocycles. The Kier molecular flexibility index (Phi) is 6.30. The molecule has 0 radical (unpaired) electrons. The summed E-state index contributed by atoms with van der Waals surface area (Å²) in [6.07, 6.45) is 6.33. The summed E-state index contributed by atoms with van der Waals surface area (Å²) in [5.41, 5.74) is 0.546. The molecule has 1 aromatic rings. The monoisotopic (exact) mass is 340 g/mol. The van der Waals surface area contributed by atoms with Crippen LogP contribution in [-0.2, 0) is 0 Å². The molecule has 1 saturated carbocycles. The number of likely N-dealkylation sites (N-methyl/N-ethyl adjacent to an activating group) is 1. The highest BCUT2D eigenvalue weighted by Gasteiger charge is 2.29. The summed E-state index contributed by atoms with van der Waals surface area (Å²) in [6.45, 7) is 4.61. The Bertz CT molecular complexity index is 547. The molecular weight excluding hydrogens is 319 g/mol. The molecule has 2 unspecified atom stereocenters. The van der Waals surface area contributed by atoms with Gasteiger partial charge >= 0.3 is 0 Å². The average molecular weight is 341 g/mol. The zero-order valence-corrected chi connectivity index (χ0v) is 14.3. The molecule has 0 saturated heterocycles. The van der Waals surface area contributed by atoms with Gasteiger partial charge in [0, 0.05) is 24.2 Å². The fraction of sp³-hybridized carbons (Fsp3) is 0.471. The molecule has 1 fully saturated rings. The van der Waals surface area contributed by atoms with Crippen LogP contribution >= 0.6 is 23.2 Å². The Labute approximate surface area is 142 Å². The molecule has 2 atom stereocenters. The predicted octanol–water partition coefficient (Wildman–Crippen LogP) is 4.15. The first-order valence-corrected chi connectivity index (χ1v) is 8.35. The lowest BCUT2D eigenvalue weighted by Crippen LogP contribution is -2.52. The molecule has 120 valence electrons. The third-order valence-electron chi connectivity index (χ3n) is 4.21. The van der Waals surface area contributed by atoms with E-state index in [0.29, 0.717) is 21.7 Å². The van der Waals surface area contributed by atoms with E-state index in [9.17, 15) is 4.79 Å². The van der Waals surface area contributed by atoms with Gasteiger partial charge in [0.2, 0.25) is 0 Å². The first-order chi connectivity index (χ1) is 10.5. The Morgan fingerprint density at radius 2 is 2.09 bits per heavy atom. The highest BCUT2D eigenvalue weighted by molar-refractivity contribution is 6.42. The fourth-order valence-corrected chi connectivity index (χ4v) is 3.33. The van der Waals surface area contributed by atoms with E-state index < -0.39 is 0 Å². The maximum Gasteiger partial charge on any atom is 0.251 e. The number of benzene rings is 1. The van der Waals surface area contributed by atoms with E-state index in [0.717, 1.165) is 25.8 Å². The van der Waals surface area contributed by atoms with Crippen molar-refractivity contribution in [2.75, 3.05) is 13.6 Å². The van der Waals surface area contributed by atoms with Gasteiger partial charge in [0.1, 0.15) is 0 Å². The van der Waals surface area contributed by atoms with Gasteiger partial charge in [-0.1, -0.05) is 42.1 Å². The van der Waals surface area contributed by atoms with Crippen molar-refractivity contribution in [1.29, 1.82) is 0 Å². The number of nitrogens with one attached hydrogen (secondary N) is 1. The summed E-state index contributed by atoms with van der Waals surface area (Å²) in [4.78, 5) is 14.7. The third-order valence-corrected chi connectivity index (χ3v) is 4.95. The SMILES string of the molecule is C=CCN(C)C1CCCCC1NC(=O)c1ccc(Cl)c(Cl)c1. The van der Waals surface area contributed by atoms with Crippen LogP contribution in [0.15, 0.2) is 30.9 Å². The zero-order valence-electron chi connectivity index (χ0n) is 12.8. The van der Waals surface area contributed by atoms with E-state index in [1.165, 1.54) is 6.42 Å². The molecule has 0 aromatic heterocycles. The lowest BCUT2D eigenvalue weighted by molar-refractivity contribution is 0.0874. The van der Waals surface area contributed by atoms with Crippen LogP contribution in [0.3, 0.4) is 0 Å². The summed E-state index contributed by atoms with van der Waals surface area (Å²) in [5.74, 6) is -0.0949. The molecule has 2 rings (SSSR count). The minimum Gasteiger partial charge on any atom is -0.348 e. The van der Waals surface area contributed by atoms with Crippen molar-refractivity contribution in [3.8, 4) is 0 Å². The normalized spacial score (nSPS) is 21.6. The van der Waals surface area contributed by atoms with E-state index in [-0.39, 0.29) is 11.9 Å². The van der Waals surface area contributed by atoms with Crippen LogP contribution in [-0.4, -0.2) is 36.5 Å². The number of hydrogen-bond donors (Lipinski definition) is 1. The Morgan fingerprint density at radius 1 is 1.36 bits per heavy atom. The van der Waals surface area contributed by atoms with Gasteiger partial charge in [-0.3, -0.25) is 9.69 Å². The van der Waals surface area contributed by atoms with Crippen molar-refractivity contribution in [3.05, 3.63) is 46.5 Å². The van der Waals surface area contributed by atoms with E-state index in [2.05, 4.69) is 23.8 Å². The standard InChI is InChI=1S/C17H22Cl2N2O/c1-3-10-21(2)16-7-5-4-6-15(16)20-17(22)12-8-9-13(18)14(19)11-12/h3,8-9,11,15-16H,1,4-7,10H2,2H3,(H,20,22). The average Bonchev–Trinajstić information content (AvgIpc) is 2.50. The van der Waals surface area contributed by atoms with Crippen molar-refractivity contribution >= 4 is 29.1 Å². The molecule has 1 amide bonds. The third kappa shape index (κ3) is 4.25. The van der Waals surface area contributed by atoms with Crippen molar-refractivity contribution in [2.45, 2.75) is 37.8 Å². The number of hydrogen-bond acceptors (Lipinski definition) is 2. The summed E-state index contributed by atoms with van der Waals surface area (Å²) >= 11 is 11.9. The van der Waals surface area contributed by atoms with Gasteiger partial charge < -0.3 is 5.32 Å². The van der Waals surface area contributed by atoms with E-state index in [4.69, 9.17) is 23.2 Å². The van der Waals surface area contributed by atoms with Crippen molar-refractivity contribution < 1.29 is 4.79 Å².